The summed E-state index contributed by atoms with van der Waals surface area (Å²) in [6, 6.07) is 4.19. The number of rotatable bonds is 4. The van der Waals surface area contributed by atoms with Gasteiger partial charge in [-0.3, -0.25) is 14.1 Å². The van der Waals surface area contributed by atoms with Crippen LogP contribution in [0.2, 0.25) is 0 Å². The summed E-state index contributed by atoms with van der Waals surface area (Å²) in [5.41, 5.74) is 5.23. The van der Waals surface area contributed by atoms with Gasteiger partial charge in [0.15, 0.2) is 5.65 Å². The van der Waals surface area contributed by atoms with Crippen LogP contribution in [0.5, 0.6) is 0 Å². The molecule has 4 aromatic rings. The second-order valence-electron chi connectivity index (χ2n) is 7.48. The molecule has 0 atom stereocenters. The third kappa shape index (κ3) is 3.29. The van der Waals surface area contributed by atoms with Crippen LogP contribution in [0.4, 0.5) is 11.6 Å². The summed E-state index contributed by atoms with van der Waals surface area (Å²) in [6.07, 6.45) is 5.11. The SMILES string of the molecule is Cc1cc(-c2ccsc2)ncc1Nc1ncc2c(n1)n(C1CCOCC1)c(=O)n2C. The Labute approximate surface area is 177 Å². The first-order valence-corrected chi connectivity index (χ1v) is 10.8. The van der Waals surface area contributed by atoms with E-state index in [1.807, 2.05) is 18.4 Å². The fourth-order valence-electron chi connectivity index (χ4n) is 3.84. The lowest BCUT2D eigenvalue weighted by atomic mass is 10.1. The molecule has 0 spiro atoms. The summed E-state index contributed by atoms with van der Waals surface area (Å²) in [6.45, 7) is 3.34. The summed E-state index contributed by atoms with van der Waals surface area (Å²) >= 11 is 1.65. The smallest absolute Gasteiger partial charge is 0.330 e. The Hall–Kier alpha value is -3.04. The van der Waals surface area contributed by atoms with Gasteiger partial charge in [-0.15, -0.1) is 0 Å². The van der Waals surface area contributed by atoms with Crippen LogP contribution in [0.1, 0.15) is 24.4 Å². The van der Waals surface area contributed by atoms with Gasteiger partial charge in [0, 0.05) is 37.2 Å². The second-order valence-corrected chi connectivity index (χ2v) is 8.26. The molecule has 8 nitrogen and oxygen atoms in total. The largest absolute Gasteiger partial charge is 0.381 e. The number of imidazole rings is 1. The third-order valence-corrected chi connectivity index (χ3v) is 6.25. The van der Waals surface area contributed by atoms with Crippen LogP contribution in [0, 0.1) is 6.92 Å². The lowest BCUT2D eigenvalue weighted by Crippen LogP contribution is -2.30. The topological polar surface area (TPSA) is 86.9 Å². The van der Waals surface area contributed by atoms with Crippen LogP contribution in [0.3, 0.4) is 0 Å². The number of thiophene rings is 1. The predicted octanol–water partition coefficient (Wildman–Crippen LogP) is 3.66. The molecule has 5 rings (SSSR count). The highest BCUT2D eigenvalue weighted by Gasteiger charge is 2.23. The van der Waals surface area contributed by atoms with Crippen molar-refractivity contribution in [2.45, 2.75) is 25.8 Å². The fraction of sp³-hybridized carbons (Fsp3) is 0.333. The molecule has 0 aliphatic carbocycles. The van der Waals surface area contributed by atoms with Gasteiger partial charge in [-0.1, -0.05) is 0 Å². The van der Waals surface area contributed by atoms with E-state index >= 15 is 0 Å². The quantitative estimate of drug-likeness (QED) is 0.540. The predicted molar refractivity (Wildman–Crippen MR) is 117 cm³/mol. The van der Waals surface area contributed by atoms with Gasteiger partial charge < -0.3 is 10.1 Å². The number of fused-ring (bicyclic) bond motifs is 1. The Morgan fingerprint density at radius 2 is 2.07 bits per heavy atom. The molecule has 30 heavy (non-hydrogen) atoms. The van der Waals surface area contributed by atoms with E-state index < -0.39 is 0 Å². The van der Waals surface area contributed by atoms with Crippen molar-refractivity contribution < 1.29 is 4.74 Å². The van der Waals surface area contributed by atoms with Crippen molar-refractivity contribution in [2.24, 2.45) is 7.05 Å². The average Bonchev–Trinajstić information content (AvgIpc) is 3.38. The summed E-state index contributed by atoms with van der Waals surface area (Å²) in [5, 5.41) is 7.39. The van der Waals surface area contributed by atoms with Crippen molar-refractivity contribution in [1.82, 2.24) is 24.1 Å². The Morgan fingerprint density at radius 1 is 1.23 bits per heavy atom. The molecule has 0 radical (unpaired) electrons. The van der Waals surface area contributed by atoms with Crippen LogP contribution >= 0.6 is 11.3 Å². The van der Waals surface area contributed by atoms with Gasteiger partial charge in [0.25, 0.3) is 0 Å². The first-order chi connectivity index (χ1) is 14.6. The molecule has 1 aliphatic rings. The molecular weight excluding hydrogens is 400 g/mol. The first-order valence-electron chi connectivity index (χ1n) is 9.90. The van der Waals surface area contributed by atoms with Gasteiger partial charge in [-0.25, -0.2) is 9.78 Å². The van der Waals surface area contributed by atoms with E-state index in [0.29, 0.717) is 24.8 Å². The van der Waals surface area contributed by atoms with Crippen LogP contribution in [-0.2, 0) is 11.8 Å². The number of anilines is 2. The minimum atomic E-state index is -0.0682. The number of ether oxygens (including phenoxy) is 1. The maximum atomic E-state index is 12.8. The maximum Gasteiger partial charge on any atom is 0.330 e. The van der Waals surface area contributed by atoms with E-state index in [1.54, 1.807) is 39.9 Å². The number of pyridine rings is 1. The molecule has 1 N–H and O–H groups in total. The molecular formula is C21H22N6O2S. The van der Waals surface area contributed by atoms with Gasteiger partial charge in [0.1, 0.15) is 5.52 Å². The van der Waals surface area contributed by atoms with Crippen molar-refractivity contribution in [3.05, 3.63) is 51.3 Å². The molecule has 9 heteroatoms. The zero-order valence-electron chi connectivity index (χ0n) is 16.8. The Kier molecular flexibility index (Phi) is 4.84. The van der Waals surface area contributed by atoms with E-state index in [2.05, 4.69) is 26.7 Å². The van der Waals surface area contributed by atoms with E-state index in [4.69, 9.17) is 9.72 Å². The molecule has 0 bridgehead atoms. The molecule has 1 fully saturated rings. The summed E-state index contributed by atoms with van der Waals surface area (Å²) in [7, 11) is 1.76. The minimum absolute atomic E-state index is 0.0682. The van der Waals surface area contributed by atoms with Gasteiger partial charge in [0.2, 0.25) is 5.95 Å². The summed E-state index contributed by atoms with van der Waals surface area (Å²) in [4.78, 5) is 26.5. The van der Waals surface area contributed by atoms with Crippen molar-refractivity contribution in [3.8, 4) is 11.3 Å². The standard InChI is InChI=1S/C21H22N6O2S/c1-13-9-16(14-5-8-30-12-14)22-10-17(13)24-20-23-11-18-19(25-20)27(21(28)26(18)2)15-3-6-29-7-4-15/h5,8-12,15H,3-4,6-7H2,1-2H3,(H,23,24,25). The highest BCUT2D eigenvalue weighted by atomic mass is 32.1. The van der Waals surface area contributed by atoms with Crippen molar-refractivity contribution in [2.75, 3.05) is 18.5 Å². The monoisotopic (exact) mass is 422 g/mol. The highest BCUT2D eigenvalue weighted by molar-refractivity contribution is 7.08. The van der Waals surface area contributed by atoms with Crippen LogP contribution < -0.4 is 11.0 Å². The number of hydrogen-bond acceptors (Lipinski definition) is 7. The van der Waals surface area contributed by atoms with E-state index in [-0.39, 0.29) is 11.7 Å². The van der Waals surface area contributed by atoms with Crippen LogP contribution in [0.15, 0.2) is 40.1 Å². The minimum Gasteiger partial charge on any atom is -0.381 e. The van der Waals surface area contributed by atoms with E-state index in [9.17, 15) is 4.79 Å². The molecule has 154 valence electrons. The average molecular weight is 423 g/mol. The zero-order valence-corrected chi connectivity index (χ0v) is 17.6. The molecule has 1 saturated heterocycles. The van der Waals surface area contributed by atoms with Crippen LogP contribution in [0.25, 0.3) is 22.4 Å². The molecule has 0 unspecified atom stereocenters. The Balaban J connectivity index is 1.50. The van der Waals surface area contributed by atoms with Gasteiger partial charge in [-0.05, 0) is 42.8 Å². The molecule has 0 amide bonds. The molecule has 0 saturated carbocycles. The maximum absolute atomic E-state index is 12.8. The number of aryl methyl sites for hydroxylation is 2. The number of nitrogens with zero attached hydrogens (tertiary/aromatic N) is 5. The fourth-order valence-corrected chi connectivity index (χ4v) is 4.49. The third-order valence-electron chi connectivity index (χ3n) is 5.56. The molecule has 5 heterocycles. The lowest BCUT2D eigenvalue weighted by Gasteiger charge is -2.22. The number of nitrogens with one attached hydrogen (secondary N) is 1. The molecule has 1 aliphatic heterocycles. The van der Waals surface area contributed by atoms with E-state index in [1.165, 1.54) is 0 Å². The Morgan fingerprint density at radius 3 is 2.80 bits per heavy atom. The highest BCUT2D eigenvalue weighted by Crippen LogP contribution is 2.27. The van der Waals surface area contributed by atoms with Crippen molar-refractivity contribution in [1.29, 1.82) is 0 Å². The summed E-state index contributed by atoms with van der Waals surface area (Å²) < 4.78 is 8.85. The second kappa shape index (κ2) is 7.66. The van der Waals surface area contributed by atoms with E-state index in [0.717, 1.165) is 40.9 Å². The van der Waals surface area contributed by atoms with Crippen molar-refractivity contribution >= 4 is 34.1 Å². The molecule has 0 aromatic carbocycles. The lowest BCUT2D eigenvalue weighted by molar-refractivity contribution is 0.0695. The van der Waals surface area contributed by atoms with Crippen molar-refractivity contribution in [3.63, 3.8) is 0 Å². The van der Waals surface area contributed by atoms with Gasteiger partial charge in [0.05, 0.1) is 23.8 Å². The number of aromatic nitrogens is 5. The first kappa shape index (κ1) is 19.0. The Bertz CT molecular complexity index is 1250. The van der Waals surface area contributed by atoms with Gasteiger partial charge in [-0.2, -0.15) is 16.3 Å². The molecule has 4 aromatic heterocycles. The normalized spacial score (nSPS) is 15.0. The van der Waals surface area contributed by atoms with Gasteiger partial charge >= 0.3 is 5.69 Å². The number of hydrogen-bond donors (Lipinski definition) is 1. The zero-order chi connectivity index (χ0) is 20.7. The van der Waals surface area contributed by atoms with Crippen LogP contribution in [-0.4, -0.2) is 37.3 Å². The summed E-state index contributed by atoms with van der Waals surface area (Å²) in [5.74, 6) is 0.446.